The molecule has 1 amide bonds. The predicted molar refractivity (Wildman–Crippen MR) is 114 cm³/mol. The average molecular weight is 529 g/mol. The number of ether oxygens (including phenoxy) is 2. The van der Waals surface area contributed by atoms with Crippen molar-refractivity contribution in [1.29, 1.82) is 0 Å². The summed E-state index contributed by atoms with van der Waals surface area (Å²) in [6.45, 7) is 3.30. The SMILES string of the molecule is CCNC(=NCc1cc(Br)c(OC)c(OC)c1)NCC(=O)N(C)C.I. The van der Waals surface area contributed by atoms with Gasteiger partial charge in [-0.25, -0.2) is 4.99 Å². The molecule has 0 atom stereocenters. The summed E-state index contributed by atoms with van der Waals surface area (Å²) in [5, 5.41) is 6.13. The van der Waals surface area contributed by atoms with Crippen LogP contribution >= 0.6 is 39.9 Å². The van der Waals surface area contributed by atoms with Crippen molar-refractivity contribution < 1.29 is 14.3 Å². The number of amides is 1. The van der Waals surface area contributed by atoms with Gasteiger partial charge in [0.05, 0.1) is 31.8 Å². The Hall–Kier alpha value is -1.23. The van der Waals surface area contributed by atoms with Crippen molar-refractivity contribution in [2.75, 3.05) is 41.4 Å². The molecule has 0 heterocycles. The molecule has 1 rings (SSSR count). The maximum atomic E-state index is 11.7. The van der Waals surface area contributed by atoms with E-state index in [1.54, 1.807) is 28.3 Å². The van der Waals surface area contributed by atoms with E-state index >= 15 is 0 Å². The second-order valence-electron chi connectivity index (χ2n) is 5.15. The molecule has 0 spiro atoms. The van der Waals surface area contributed by atoms with Gasteiger partial charge in [0.2, 0.25) is 5.91 Å². The molecule has 142 valence electrons. The lowest BCUT2D eigenvalue weighted by Crippen LogP contribution is -2.42. The van der Waals surface area contributed by atoms with E-state index in [0.717, 1.165) is 10.0 Å². The fraction of sp³-hybridized carbons (Fsp3) is 0.500. The van der Waals surface area contributed by atoms with E-state index in [2.05, 4.69) is 31.6 Å². The number of guanidine groups is 1. The van der Waals surface area contributed by atoms with Crippen molar-refractivity contribution in [1.82, 2.24) is 15.5 Å². The Morgan fingerprint density at radius 3 is 2.44 bits per heavy atom. The summed E-state index contributed by atoms with van der Waals surface area (Å²) in [6.07, 6.45) is 0. The third-order valence-electron chi connectivity index (χ3n) is 3.16. The smallest absolute Gasteiger partial charge is 0.241 e. The van der Waals surface area contributed by atoms with E-state index in [4.69, 9.17) is 9.47 Å². The number of methoxy groups -OCH3 is 2. The summed E-state index contributed by atoms with van der Waals surface area (Å²) in [5.41, 5.74) is 0.954. The van der Waals surface area contributed by atoms with Crippen molar-refractivity contribution in [3.05, 3.63) is 22.2 Å². The molecule has 1 aromatic rings. The van der Waals surface area contributed by atoms with Crippen LogP contribution in [0.4, 0.5) is 0 Å². The first-order chi connectivity index (χ1) is 11.4. The van der Waals surface area contributed by atoms with Gasteiger partial charge in [-0.3, -0.25) is 4.79 Å². The standard InChI is InChI=1S/C16H25BrN4O3.HI/c1-6-18-16(20-10-14(22)21(2)3)19-9-11-7-12(17)15(24-5)13(8-11)23-4;/h7-8H,6,9-10H2,1-5H3,(H2,18,19,20);1H. The molecule has 0 radical (unpaired) electrons. The summed E-state index contributed by atoms with van der Waals surface area (Å²) >= 11 is 3.47. The van der Waals surface area contributed by atoms with Crippen LogP contribution in [0.3, 0.4) is 0 Å². The molecule has 0 saturated carbocycles. The molecule has 7 nitrogen and oxygen atoms in total. The Morgan fingerprint density at radius 1 is 1.24 bits per heavy atom. The van der Waals surface area contributed by atoms with Crippen molar-refractivity contribution in [3.63, 3.8) is 0 Å². The molecule has 0 aliphatic carbocycles. The van der Waals surface area contributed by atoms with E-state index in [1.165, 1.54) is 4.90 Å². The second kappa shape index (κ2) is 12.2. The number of rotatable bonds is 7. The lowest BCUT2D eigenvalue weighted by molar-refractivity contribution is -0.127. The summed E-state index contributed by atoms with van der Waals surface area (Å²) in [7, 11) is 6.62. The first kappa shape index (κ1) is 23.8. The molecule has 0 fully saturated rings. The van der Waals surface area contributed by atoms with Crippen molar-refractivity contribution in [2.45, 2.75) is 13.5 Å². The van der Waals surface area contributed by atoms with Crippen LogP contribution in [-0.4, -0.2) is 58.2 Å². The molecule has 1 aromatic carbocycles. The van der Waals surface area contributed by atoms with Gasteiger partial charge in [-0.1, -0.05) is 0 Å². The maximum absolute atomic E-state index is 11.7. The highest BCUT2D eigenvalue weighted by Crippen LogP contribution is 2.36. The third kappa shape index (κ3) is 7.68. The molecule has 0 aromatic heterocycles. The molecule has 2 N–H and O–H groups in total. The van der Waals surface area contributed by atoms with Gasteiger partial charge in [0, 0.05) is 20.6 Å². The molecule has 9 heteroatoms. The van der Waals surface area contributed by atoms with Crippen LogP contribution < -0.4 is 20.1 Å². The largest absolute Gasteiger partial charge is 0.493 e. The Morgan fingerprint density at radius 2 is 1.92 bits per heavy atom. The van der Waals surface area contributed by atoms with Crippen LogP contribution in [-0.2, 0) is 11.3 Å². The number of carbonyl (C=O) groups is 1. The van der Waals surface area contributed by atoms with E-state index in [0.29, 0.717) is 30.5 Å². The monoisotopic (exact) mass is 528 g/mol. The van der Waals surface area contributed by atoms with Gasteiger partial charge in [0.1, 0.15) is 0 Å². The second-order valence-corrected chi connectivity index (χ2v) is 6.00. The average Bonchev–Trinajstić information content (AvgIpc) is 2.56. The van der Waals surface area contributed by atoms with Crippen LogP contribution in [0.2, 0.25) is 0 Å². The first-order valence-electron chi connectivity index (χ1n) is 7.55. The molecule has 0 bridgehead atoms. The maximum Gasteiger partial charge on any atom is 0.241 e. The lowest BCUT2D eigenvalue weighted by Gasteiger charge is -2.14. The number of aliphatic imine (C=N–C) groups is 1. The summed E-state index contributed by atoms with van der Waals surface area (Å²) in [6, 6.07) is 3.81. The Balaban J connectivity index is 0.00000576. The van der Waals surface area contributed by atoms with Crippen LogP contribution in [0, 0.1) is 0 Å². The van der Waals surface area contributed by atoms with Gasteiger partial charge in [-0.2, -0.15) is 0 Å². The first-order valence-corrected chi connectivity index (χ1v) is 8.34. The lowest BCUT2D eigenvalue weighted by atomic mass is 10.2. The van der Waals surface area contributed by atoms with Gasteiger partial charge in [-0.05, 0) is 40.5 Å². The van der Waals surface area contributed by atoms with Gasteiger partial charge >= 0.3 is 0 Å². The van der Waals surface area contributed by atoms with Crippen LogP contribution in [0.1, 0.15) is 12.5 Å². The number of carbonyl (C=O) groups excluding carboxylic acids is 1. The fourth-order valence-electron chi connectivity index (χ4n) is 1.89. The summed E-state index contributed by atoms with van der Waals surface area (Å²) in [4.78, 5) is 17.7. The Bertz CT molecular complexity index is 597. The highest BCUT2D eigenvalue weighted by molar-refractivity contribution is 14.0. The Kier molecular flexibility index (Phi) is 11.6. The molecule has 0 aliphatic heterocycles. The van der Waals surface area contributed by atoms with Gasteiger partial charge in [0.15, 0.2) is 17.5 Å². The van der Waals surface area contributed by atoms with E-state index in [1.807, 2.05) is 19.1 Å². The van der Waals surface area contributed by atoms with Crippen molar-refractivity contribution >= 4 is 51.8 Å². The van der Waals surface area contributed by atoms with E-state index in [9.17, 15) is 4.79 Å². The topological polar surface area (TPSA) is 75.2 Å². The van der Waals surface area contributed by atoms with Gasteiger partial charge in [-0.15, -0.1) is 24.0 Å². The minimum Gasteiger partial charge on any atom is -0.493 e. The number of hydrogen-bond acceptors (Lipinski definition) is 4. The van der Waals surface area contributed by atoms with Crippen LogP contribution in [0.25, 0.3) is 0 Å². The van der Waals surface area contributed by atoms with Crippen LogP contribution in [0.15, 0.2) is 21.6 Å². The normalized spacial score (nSPS) is 10.6. The number of nitrogens with zero attached hydrogens (tertiary/aromatic N) is 2. The van der Waals surface area contributed by atoms with Gasteiger partial charge < -0.3 is 25.0 Å². The zero-order chi connectivity index (χ0) is 18.1. The minimum atomic E-state index is -0.0190. The van der Waals surface area contributed by atoms with Crippen molar-refractivity contribution in [2.24, 2.45) is 4.99 Å². The zero-order valence-corrected chi connectivity index (χ0v) is 19.1. The molecule has 0 aliphatic rings. The number of halogens is 2. The fourth-order valence-corrected chi connectivity index (χ4v) is 2.54. The van der Waals surface area contributed by atoms with Crippen molar-refractivity contribution in [3.8, 4) is 11.5 Å². The predicted octanol–water partition coefficient (Wildman–Crippen LogP) is 2.23. The van der Waals surface area contributed by atoms with E-state index < -0.39 is 0 Å². The summed E-state index contributed by atoms with van der Waals surface area (Å²) in [5.74, 6) is 1.85. The third-order valence-corrected chi connectivity index (χ3v) is 3.75. The number of hydrogen-bond donors (Lipinski definition) is 2. The molecular formula is C16H26BrIN4O3. The zero-order valence-electron chi connectivity index (χ0n) is 15.2. The molecule has 0 saturated heterocycles. The Labute approximate surface area is 174 Å². The molecule has 25 heavy (non-hydrogen) atoms. The number of benzene rings is 1. The molecule has 0 unspecified atom stereocenters. The van der Waals surface area contributed by atoms with Gasteiger partial charge in [0.25, 0.3) is 0 Å². The minimum absolute atomic E-state index is 0. The number of nitrogens with one attached hydrogen (secondary N) is 2. The van der Waals surface area contributed by atoms with E-state index in [-0.39, 0.29) is 36.4 Å². The highest BCUT2D eigenvalue weighted by Gasteiger charge is 2.11. The highest BCUT2D eigenvalue weighted by atomic mass is 127. The van der Waals surface area contributed by atoms with Crippen LogP contribution in [0.5, 0.6) is 11.5 Å². The molecular weight excluding hydrogens is 503 g/mol. The number of likely N-dealkylation sites (N-methyl/N-ethyl adjacent to an activating group) is 1. The summed E-state index contributed by atoms with van der Waals surface area (Å²) < 4.78 is 11.4. The quantitative estimate of drug-likeness (QED) is 0.322.